The molecule has 20 heavy (non-hydrogen) atoms. The SMILES string of the molecule is COc1cc2c(cc1OC)C(c1ccccc1)=[NH+]CC2. The number of fused-ring (bicyclic) bond motifs is 1. The molecule has 3 heteroatoms. The number of ether oxygens (including phenoxy) is 2. The van der Waals surface area contributed by atoms with Gasteiger partial charge in [-0.25, -0.2) is 4.99 Å². The molecule has 0 saturated carbocycles. The maximum atomic E-state index is 5.42. The Balaban J connectivity index is 2.13. The van der Waals surface area contributed by atoms with Gasteiger partial charge >= 0.3 is 0 Å². The highest BCUT2D eigenvalue weighted by molar-refractivity contribution is 6.10. The highest BCUT2D eigenvalue weighted by Crippen LogP contribution is 2.31. The predicted molar refractivity (Wildman–Crippen MR) is 78.7 cm³/mol. The third-order valence-corrected chi connectivity index (χ3v) is 3.64. The molecule has 0 aliphatic carbocycles. The molecule has 0 unspecified atom stereocenters. The van der Waals surface area contributed by atoms with Crippen LogP contribution in [0.15, 0.2) is 42.5 Å². The quantitative estimate of drug-likeness (QED) is 0.906. The molecule has 1 aliphatic heterocycles. The molecule has 102 valence electrons. The second kappa shape index (κ2) is 5.37. The summed E-state index contributed by atoms with van der Waals surface area (Å²) in [6.07, 6.45) is 0.992. The molecule has 0 bridgehead atoms. The van der Waals surface area contributed by atoms with E-state index in [2.05, 4.69) is 41.4 Å². The fraction of sp³-hybridized carbons (Fsp3) is 0.235. The number of methoxy groups -OCH3 is 2. The summed E-state index contributed by atoms with van der Waals surface area (Å²) in [7, 11) is 3.34. The van der Waals surface area contributed by atoms with E-state index in [0.29, 0.717) is 0 Å². The molecule has 2 aromatic rings. The van der Waals surface area contributed by atoms with Gasteiger partial charge in [-0.05, 0) is 29.8 Å². The molecule has 0 atom stereocenters. The fourth-order valence-electron chi connectivity index (χ4n) is 2.64. The van der Waals surface area contributed by atoms with E-state index in [1.165, 1.54) is 16.7 Å². The molecule has 3 rings (SSSR count). The summed E-state index contributed by atoms with van der Waals surface area (Å²) in [5.41, 5.74) is 4.84. The molecule has 1 heterocycles. The van der Waals surface area contributed by atoms with Crippen molar-refractivity contribution < 1.29 is 14.5 Å². The molecule has 2 aromatic carbocycles. The molecule has 0 radical (unpaired) electrons. The zero-order valence-electron chi connectivity index (χ0n) is 11.8. The van der Waals surface area contributed by atoms with Crippen LogP contribution in [0.3, 0.4) is 0 Å². The minimum atomic E-state index is 0.767. The average Bonchev–Trinajstić information content (AvgIpc) is 2.53. The summed E-state index contributed by atoms with van der Waals surface area (Å²) < 4.78 is 10.8. The van der Waals surface area contributed by atoms with Crippen LogP contribution in [0, 0.1) is 0 Å². The number of nitrogens with one attached hydrogen (secondary N) is 1. The van der Waals surface area contributed by atoms with E-state index in [0.717, 1.165) is 30.2 Å². The normalized spacial score (nSPS) is 13.4. The zero-order valence-corrected chi connectivity index (χ0v) is 11.8. The third-order valence-electron chi connectivity index (χ3n) is 3.64. The first-order valence-electron chi connectivity index (χ1n) is 6.75. The number of benzene rings is 2. The lowest BCUT2D eigenvalue weighted by molar-refractivity contribution is -0.457. The van der Waals surface area contributed by atoms with Crippen LogP contribution in [0.4, 0.5) is 0 Å². The zero-order chi connectivity index (χ0) is 13.9. The maximum Gasteiger partial charge on any atom is 0.213 e. The molecule has 1 aliphatic rings. The summed E-state index contributed by atoms with van der Waals surface area (Å²) in [5, 5.41) is 0. The van der Waals surface area contributed by atoms with Crippen molar-refractivity contribution in [2.75, 3.05) is 20.8 Å². The molecule has 3 nitrogen and oxygen atoms in total. The van der Waals surface area contributed by atoms with Crippen molar-refractivity contribution in [3.63, 3.8) is 0 Å². The van der Waals surface area contributed by atoms with Gasteiger partial charge in [-0.3, -0.25) is 0 Å². The van der Waals surface area contributed by atoms with E-state index in [4.69, 9.17) is 9.47 Å². The second-order valence-corrected chi connectivity index (χ2v) is 4.78. The van der Waals surface area contributed by atoms with Gasteiger partial charge in [0.1, 0.15) is 6.54 Å². The first kappa shape index (κ1) is 12.7. The molecular formula is C17H18NO2+. The van der Waals surface area contributed by atoms with Crippen LogP contribution < -0.4 is 14.5 Å². The summed E-state index contributed by atoms with van der Waals surface area (Å²) in [6.45, 7) is 0.937. The Labute approximate surface area is 118 Å². The molecule has 0 fully saturated rings. The van der Waals surface area contributed by atoms with E-state index < -0.39 is 0 Å². The van der Waals surface area contributed by atoms with Gasteiger partial charge in [0.2, 0.25) is 5.71 Å². The number of hydrogen-bond donors (Lipinski definition) is 1. The molecule has 0 saturated heterocycles. The van der Waals surface area contributed by atoms with Gasteiger partial charge < -0.3 is 9.47 Å². The van der Waals surface area contributed by atoms with Gasteiger partial charge in [0.15, 0.2) is 11.5 Å². The Morgan fingerprint density at radius 3 is 2.35 bits per heavy atom. The van der Waals surface area contributed by atoms with E-state index in [1.54, 1.807) is 14.2 Å². The van der Waals surface area contributed by atoms with E-state index in [1.807, 2.05) is 6.07 Å². The average molecular weight is 268 g/mol. The van der Waals surface area contributed by atoms with Crippen LogP contribution >= 0.6 is 0 Å². The standard InChI is InChI=1S/C17H17NO2/c1-19-15-10-13-8-9-18-17(12-6-4-3-5-7-12)14(13)11-16(15)20-2/h3-7,10-11H,8-9H2,1-2H3/p+1. The minimum Gasteiger partial charge on any atom is -0.493 e. The van der Waals surface area contributed by atoms with Gasteiger partial charge in [-0.2, -0.15) is 0 Å². The number of hydrogen-bond acceptors (Lipinski definition) is 2. The van der Waals surface area contributed by atoms with E-state index in [9.17, 15) is 0 Å². The van der Waals surface area contributed by atoms with Crippen LogP contribution in [0.1, 0.15) is 16.7 Å². The second-order valence-electron chi connectivity index (χ2n) is 4.78. The van der Waals surface area contributed by atoms with Crippen molar-refractivity contribution in [2.24, 2.45) is 0 Å². The highest BCUT2D eigenvalue weighted by atomic mass is 16.5. The summed E-state index contributed by atoms with van der Waals surface area (Å²) in [5.74, 6) is 1.56. The van der Waals surface area contributed by atoms with Gasteiger partial charge in [0, 0.05) is 12.0 Å². The Morgan fingerprint density at radius 1 is 0.950 bits per heavy atom. The van der Waals surface area contributed by atoms with Gasteiger partial charge in [0.25, 0.3) is 0 Å². The van der Waals surface area contributed by atoms with Crippen molar-refractivity contribution in [3.8, 4) is 11.5 Å². The van der Waals surface area contributed by atoms with Crippen molar-refractivity contribution in [1.82, 2.24) is 0 Å². The molecule has 1 N–H and O–H groups in total. The third kappa shape index (κ3) is 2.16. The first-order chi connectivity index (χ1) is 9.83. The lowest BCUT2D eigenvalue weighted by Crippen LogP contribution is -2.75. The highest BCUT2D eigenvalue weighted by Gasteiger charge is 2.23. The Morgan fingerprint density at radius 2 is 1.65 bits per heavy atom. The summed E-state index contributed by atoms with van der Waals surface area (Å²) in [6, 6.07) is 14.5. The summed E-state index contributed by atoms with van der Waals surface area (Å²) >= 11 is 0. The largest absolute Gasteiger partial charge is 0.493 e. The fourth-order valence-corrected chi connectivity index (χ4v) is 2.64. The number of rotatable bonds is 3. The summed E-state index contributed by atoms with van der Waals surface area (Å²) in [4.78, 5) is 3.50. The van der Waals surface area contributed by atoms with Gasteiger partial charge in [0.05, 0.1) is 19.8 Å². The smallest absolute Gasteiger partial charge is 0.213 e. The topological polar surface area (TPSA) is 32.4 Å². The van der Waals surface area contributed by atoms with E-state index in [-0.39, 0.29) is 0 Å². The Bertz CT molecular complexity index is 648. The van der Waals surface area contributed by atoms with Crippen molar-refractivity contribution in [3.05, 3.63) is 59.2 Å². The predicted octanol–water partition coefficient (Wildman–Crippen LogP) is 1.18. The van der Waals surface area contributed by atoms with Crippen molar-refractivity contribution >= 4 is 5.71 Å². The Hall–Kier alpha value is -2.29. The van der Waals surface area contributed by atoms with Crippen LogP contribution in [-0.4, -0.2) is 26.5 Å². The lowest BCUT2D eigenvalue weighted by atomic mass is 9.93. The minimum absolute atomic E-state index is 0.767. The molecule has 0 spiro atoms. The van der Waals surface area contributed by atoms with Crippen LogP contribution in [0.25, 0.3) is 0 Å². The Kier molecular flexibility index (Phi) is 3.42. The van der Waals surface area contributed by atoms with Crippen LogP contribution in [0.2, 0.25) is 0 Å². The monoisotopic (exact) mass is 268 g/mol. The van der Waals surface area contributed by atoms with Gasteiger partial charge in [-0.1, -0.05) is 18.2 Å². The van der Waals surface area contributed by atoms with Crippen LogP contribution in [0.5, 0.6) is 11.5 Å². The van der Waals surface area contributed by atoms with Crippen LogP contribution in [-0.2, 0) is 6.42 Å². The van der Waals surface area contributed by atoms with Crippen molar-refractivity contribution in [1.29, 1.82) is 0 Å². The van der Waals surface area contributed by atoms with E-state index >= 15 is 0 Å². The van der Waals surface area contributed by atoms with Crippen molar-refractivity contribution in [2.45, 2.75) is 6.42 Å². The molecule has 0 aromatic heterocycles. The van der Waals surface area contributed by atoms with Gasteiger partial charge in [-0.15, -0.1) is 0 Å². The first-order valence-corrected chi connectivity index (χ1v) is 6.75. The lowest BCUT2D eigenvalue weighted by Gasteiger charge is -2.16. The molecule has 0 amide bonds. The maximum absolute atomic E-state index is 5.42. The molecular weight excluding hydrogens is 250 g/mol.